The number of hydrogen-bond donors (Lipinski definition) is 0. The maximum atomic E-state index is 14.0. The molecular formula is C22H24FN3O2S. The van der Waals surface area contributed by atoms with Crippen molar-refractivity contribution in [2.45, 2.75) is 6.54 Å². The maximum Gasteiger partial charge on any atom is 0.170 e. The molecule has 5 nitrogen and oxygen atoms in total. The molecule has 1 saturated heterocycles. The van der Waals surface area contributed by atoms with Gasteiger partial charge in [-0.1, -0.05) is 18.2 Å². The molecule has 152 valence electrons. The van der Waals surface area contributed by atoms with E-state index in [1.165, 1.54) is 6.07 Å². The monoisotopic (exact) mass is 413 g/mol. The number of nitrogens with zero attached hydrogens (tertiary/aromatic N) is 3. The van der Waals surface area contributed by atoms with Crippen LogP contribution in [0.25, 0.3) is 10.6 Å². The number of aromatic nitrogens is 1. The average molecular weight is 414 g/mol. The van der Waals surface area contributed by atoms with Crippen LogP contribution in [-0.4, -0.2) is 50.3 Å². The Kier molecular flexibility index (Phi) is 5.97. The first-order valence-corrected chi connectivity index (χ1v) is 10.4. The summed E-state index contributed by atoms with van der Waals surface area (Å²) in [6.07, 6.45) is 0. The number of hydrogen-bond acceptors (Lipinski definition) is 6. The minimum absolute atomic E-state index is 0.155. The van der Waals surface area contributed by atoms with Gasteiger partial charge in [0, 0.05) is 38.1 Å². The van der Waals surface area contributed by atoms with Gasteiger partial charge in [0.25, 0.3) is 0 Å². The fourth-order valence-corrected chi connectivity index (χ4v) is 4.48. The predicted molar refractivity (Wildman–Crippen MR) is 115 cm³/mol. The zero-order chi connectivity index (χ0) is 20.2. The highest BCUT2D eigenvalue weighted by Gasteiger charge is 2.21. The molecule has 0 atom stereocenters. The van der Waals surface area contributed by atoms with Crippen LogP contribution >= 0.6 is 11.3 Å². The number of halogens is 1. The van der Waals surface area contributed by atoms with Gasteiger partial charge in [-0.3, -0.25) is 4.90 Å². The van der Waals surface area contributed by atoms with E-state index in [9.17, 15) is 4.39 Å². The van der Waals surface area contributed by atoms with Gasteiger partial charge in [-0.15, -0.1) is 11.3 Å². The van der Waals surface area contributed by atoms with Crippen molar-refractivity contribution in [3.63, 3.8) is 0 Å². The molecule has 7 heteroatoms. The quantitative estimate of drug-likeness (QED) is 0.603. The van der Waals surface area contributed by atoms with E-state index in [0.29, 0.717) is 17.2 Å². The normalized spacial score (nSPS) is 14.8. The second kappa shape index (κ2) is 8.80. The number of anilines is 1. The zero-order valence-corrected chi connectivity index (χ0v) is 17.4. The third-order valence-corrected chi connectivity index (χ3v) is 6.06. The van der Waals surface area contributed by atoms with Crippen molar-refractivity contribution in [2.24, 2.45) is 0 Å². The first-order valence-electron chi connectivity index (χ1n) is 9.57. The van der Waals surface area contributed by atoms with Crippen LogP contribution in [0.5, 0.6) is 11.5 Å². The van der Waals surface area contributed by atoms with Gasteiger partial charge in [0.15, 0.2) is 11.5 Å². The number of ether oxygens (including phenoxy) is 2. The van der Waals surface area contributed by atoms with Gasteiger partial charge in [0.2, 0.25) is 0 Å². The average Bonchev–Trinajstić information content (AvgIpc) is 3.22. The Labute approximate surface area is 174 Å². The molecule has 3 aromatic rings. The topological polar surface area (TPSA) is 37.8 Å². The van der Waals surface area contributed by atoms with Crippen LogP contribution in [-0.2, 0) is 6.54 Å². The Morgan fingerprint density at radius 1 is 1.00 bits per heavy atom. The Morgan fingerprint density at radius 3 is 2.52 bits per heavy atom. The van der Waals surface area contributed by atoms with Gasteiger partial charge in [0.05, 0.1) is 31.2 Å². The third kappa shape index (κ3) is 4.21. The number of thiazole rings is 1. The molecule has 0 amide bonds. The molecule has 1 aliphatic heterocycles. The lowest BCUT2D eigenvalue weighted by atomic mass is 10.2. The highest BCUT2D eigenvalue weighted by Crippen LogP contribution is 2.39. The molecule has 4 rings (SSSR count). The summed E-state index contributed by atoms with van der Waals surface area (Å²) in [6.45, 7) is 4.16. The van der Waals surface area contributed by atoms with Gasteiger partial charge in [0.1, 0.15) is 10.8 Å². The standard InChI is InChI=1S/C22H24FN3O2S/c1-27-20-9-5-6-17(21(20)28-2)22-24-16(15-29-22)14-25-10-12-26(13-11-25)19-8-4-3-7-18(19)23/h3-9,15H,10-14H2,1-2H3. The summed E-state index contributed by atoms with van der Waals surface area (Å²) in [6, 6.07) is 12.8. The molecule has 2 heterocycles. The molecule has 0 radical (unpaired) electrons. The molecule has 1 aromatic heterocycles. The first-order chi connectivity index (χ1) is 14.2. The van der Waals surface area contributed by atoms with E-state index in [2.05, 4.69) is 15.2 Å². The molecular weight excluding hydrogens is 389 g/mol. The molecule has 0 saturated carbocycles. The van der Waals surface area contributed by atoms with Gasteiger partial charge >= 0.3 is 0 Å². The Balaban J connectivity index is 1.41. The molecule has 1 aliphatic rings. The number of para-hydroxylation sites is 2. The Bertz CT molecular complexity index is 970. The molecule has 1 fully saturated rings. The molecule has 29 heavy (non-hydrogen) atoms. The van der Waals surface area contributed by atoms with Crippen molar-refractivity contribution in [1.82, 2.24) is 9.88 Å². The van der Waals surface area contributed by atoms with Crippen molar-refractivity contribution in [3.8, 4) is 22.1 Å². The fourth-order valence-electron chi connectivity index (χ4n) is 3.64. The highest BCUT2D eigenvalue weighted by molar-refractivity contribution is 7.13. The van der Waals surface area contributed by atoms with Gasteiger partial charge < -0.3 is 14.4 Å². The number of piperazine rings is 1. The van der Waals surface area contributed by atoms with Crippen LogP contribution in [0.1, 0.15) is 5.69 Å². The van der Waals surface area contributed by atoms with Gasteiger partial charge in [-0.05, 0) is 24.3 Å². The van der Waals surface area contributed by atoms with E-state index in [-0.39, 0.29) is 5.82 Å². The van der Waals surface area contributed by atoms with E-state index in [4.69, 9.17) is 14.5 Å². The largest absolute Gasteiger partial charge is 0.493 e. The van der Waals surface area contributed by atoms with Crippen molar-refractivity contribution < 1.29 is 13.9 Å². The third-order valence-electron chi connectivity index (χ3n) is 5.14. The minimum Gasteiger partial charge on any atom is -0.493 e. The van der Waals surface area contributed by atoms with Crippen LogP contribution in [0.4, 0.5) is 10.1 Å². The van der Waals surface area contributed by atoms with Crippen molar-refractivity contribution >= 4 is 17.0 Å². The summed E-state index contributed by atoms with van der Waals surface area (Å²) >= 11 is 1.61. The van der Waals surface area contributed by atoms with E-state index < -0.39 is 0 Å². The van der Waals surface area contributed by atoms with Gasteiger partial charge in [-0.25, -0.2) is 9.37 Å². The smallest absolute Gasteiger partial charge is 0.170 e. The molecule has 0 N–H and O–H groups in total. The number of benzene rings is 2. The van der Waals surface area contributed by atoms with E-state index in [0.717, 1.165) is 49.0 Å². The SMILES string of the molecule is COc1cccc(-c2nc(CN3CCN(c4ccccc4F)CC3)cs2)c1OC. The molecule has 0 unspecified atom stereocenters. The van der Waals surface area contributed by atoms with Crippen molar-refractivity contribution in [2.75, 3.05) is 45.3 Å². The zero-order valence-electron chi connectivity index (χ0n) is 16.6. The number of rotatable bonds is 6. The van der Waals surface area contributed by atoms with Crippen LogP contribution in [0.3, 0.4) is 0 Å². The maximum absolute atomic E-state index is 14.0. The molecule has 0 bridgehead atoms. The highest BCUT2D eigenvalue weighted by atomic mass is 32.1. The lowest BCUT2D eigenvalue weighted by molar-refractivity contribution is 0.247. The summed E-state index contributed by atoms with van der Waals surface area (Å²) in [5, 5.41) is 3.01. The van der Waals surface area contributed by atoms with Gasteiger partial charge in [-0.2, -0.15) is 0 Å². The second-order valence-corrected chi connectivity index (χ2v) is 7.76. The Hall–Kier alpha value is -2.64. The van der Waals surface area contributed by atoms with Crippen molar-refractivity contribution in [3.05, 3.63) is 59.4 Å². The van der Waals surface area contributed by atoms with Crippen LogP contribution < -0.4 is 14.4 Å². The first kappa shape index (κ1) is 19.7. The summed E-state index contributed by atoms with van der Waals surface area (Å²) in [5.74, 6) is 1.25. The van der Waals surface area contributed by atoms with Crippen molar-refractivity contribution in [1.29, 1.82) is 0 Å². The predicted octanol–water partition coefficient (Wildman–Crippen LogP) is 4.29. The second-order valence-electron chi connectivity index (χ2n) is 6.90. The number of methoxy groups -OCH3 is 2. The van der Waals surface area contributed by atoms with E-state index >= 15 is 0 Å². The molecule has 0 aliphatic carbocycles. The van der Waals surface area contributed by atoms with Crippen LogP contribution in [0.2, 0.25) is 0 Å². The lowest BCUT2D eigenvalue weighted by Crippen LogP contribution is -2.46. The molecule has 0 spiro atoms. The lowest BCUT2D eigenvalue weighted by Gasteiger charge is -2.35. The van der Waals surface area contributed by atoms with E-state index in [1.54, 1.807) is 31.6 Å². The summed E-state index contributed by atoms with van der Waals surface area (Å²) < 4.78 is 24.9. The van der Waals surface area contributed by atoms with E-state index in [1.807, 2.05) is 30.3 Å². The van der Waals surface area contributed by atoms with Crippen LogP contribution in [0, 0.1) is 5.82 Å². The van der Waals surface area contributed by atoms with Crippen LogP contribution in [0.15, 0.2) is 47.8 Å². The molecule has 2 aromatic carbocycles. The summed E-state index contributed by atoms with van der Waals surface area (Å²) in [4.78, 5) is 9.29. The fraction of sp³-hybridized carbons (Fsp3) is 0.318. The summed E-state index contributed by atoms with van der Waals surface area (Å²) in [5.41, 5.74) is 2.66. The Morgan fingerprint density at radius 2 is 1.79 bits per heavy atom. The summed E-state index contributed by atoms with van der Waals surface area (Å²) in [7, 11) is 3.28. The minimum atomic E-state index is -0.155.